The van der Waals surface area contributed by atoms with Crippen molar-refractivity contribution in [2.24, 2.45) is 5.92 Å². The van der Waals surface area contributed by atoms with Crippen LogP contribution < -0.4 is 5.32 Å². The molecule has 0 aliphatic carbocycles. The summed E-state index contributed by atoms with van der Waals surface area (Å²) in [5.74, 6) is 0.731. The number of hydrogen-bond acceptors (Lipinski definition) is 1. The average Bonchev–Trinajstić information content (AvgIpc) is 2.35. The Morgan fingerprint density at radius 2 is 1.52 bits per heavy atom. The van der Waals surface area contributed by atoms with Crippen LogP contribution in [-0.2, 0) is 11.8 Å². The van der Waals surface area contributed by atoms with Crippen molar-refractivity contribution < 1.29 is 0 Å². The predicted molar refractivity (Wildman–Crippen MR) is 95.0 cm³/mol. The highest BCUT2D eigenvalue weighted by molar-refractivity contribution is 5.27. The van der Waals surface area contributed by atoms with Crippen LogP contribution in [0.4, 0.5) is 0 Å². The number of benzene rings is 1. The molecule has 21 heavy (non-hydrogen) atoms. The van der Waals surface area contributed by atoms with Crippen LogP contribution in [0.25, 0.3) is 0 Å². The second-order valence-corrected chi connectivity index (χ2v) is 8.44. The van der Waals surface area contributed by atoms with Crippen molar-refractivity contribution >= 4 is 0 Å². The summed E-state index contributed by atoms with van der Waals surface area (Å²) in [5, 5.41) is 3.66. The van der Waals surface area contributed by atoms with Gasteiger partial charge in [0.2, 0.25) is 0 Å². The lowest BCUT2D eigenvalue weighted by molar-refractivity contribution is 0.355. The van der Waals surface area contributed by atoms with Crippen LogP contribution in [0, 0.1) is 5.92 Å². The fourth-order valence-corrected chi connectivity index (χ4v) is 2.61. The summed E-state index contributed by atoms with van der Waals surface area (Å²) in [4.78, 5) is 0. The second-order valence-electron chi connectivity index (χ2n) is 8.44. The van der Waals surface area contributed by atoms with Gasteiger partial charge in [-0.2, -0.15) is 0 Å². The largest absolute Gasteiger partial charge is 0.312 e. The van der Waals surface area contributed by atoms with Gasteiger partial charge in [-0.05, 0) is 62.6 Å². The summed E-state index contributed by atoms with van der Waals surface area (Å²) >= 11 is 0. The van der Waals surface area contributed by atoms with Crippen molar-refractivity contribution in [3.63, 3.8) is 0 Å². The Bertz CT molecular complexity index is 403. The zero-order valence-corrected chi connectivity index (χ0v) is 15.2. The molecule has 0 amide bonds. The van der Waals surface area contributed by atoms with E-state index in [4.69, 9.17) is 0 Å². The highest BCUT2D eigenvalue weighted by atomic mass is 14.9. The van der Waals surface area contributed by atoms with E-state index in [9.17, 15) is 0 Å². The third-order valence-electron chi connectivity index (χ3n) is 3.96. The van der Waals surface area contributed by atoms with E-state index in [2.05, 4.69) is 78.0 Å². The van der Waals surface area contributed by atoms with Crippen LogP contribution in [0.5, 0.6) is 0 Å². The molecule has 1 aromatic rings. The molecule has 0 saturated carbocycles. The lowest BCUT2D eigenvalue weighted by Gasteiger charge is -2.25. The first-order valence-corrected chi connectivity index (χ1v) is 8.46. The van der Waals surface area contributed by atoms with Gasteiger partial charge < -0.3 is 5.32 Å². The Morgan fingerprint density at radius 3 is 1.95 bits per heavy atom. The molecule has 1 aromatic carbocycles. The molecule has 0 aliphatic heterocycles. The molecule has 0 aromatic heterocycles. The van der Waals surface area contributed by atoms with Gasteiger partial charge >= 0.3 is 0 Å². The summed E-state index contributed by atoms with van der Waals surface area (Å²) < 4.78 is 0. The van der Waals surface area contributed by atoms with Crippen LogP contribution in [0.1, 0.15) is 72.4 Å². The smallest absolute Gasteiger partial charge is 0.00966 e. The predicted octanol–water partition coefficient (Wildman–Crippen LogP) is 5.33. The number of hydrogen-bond donors (Lipinski definition) is 1. The molecule has 0 saturated heterocycles. The zero-order chi connectivity index (χ0) is 16.1. The quantitative estimate of drug-likeness (QED) is 0.746. The molecule has 0 bridgehead atoms. The molecule has 1 N–H and O–H groups in total. The molecular formula is C20H35N. The first-order chi connectivity index (χ1) is 9.62. The third kappa shape index (κ3) is 7.13. The monoisotopic (exact) mass is 289 g/mol. The minimum atomic E-state index is 0.210. The Balaban J connectivity index is 2.66. The molecular weight excluding hydrogens is 254 g/mol. The van der Waals surface area contributed by atoms with Gasteiger partial charge in [0.1, 0.15) is 0 Å². The number of rotatable bonds is 6. The maximum Gasteiger partial charge on any atom is 0.00966 e. The minimum Gasteiger partial charge on any atom is -0.312 e. The summed E-state index contributed by atoms with van der Waals surface area (Å²) in [7, 11) is 0. The molecule has 0 fully saturated rings. The van der Waals surface area contributed by atoms with Crippen LogP contribution in [-0.4, -0.2) is 12.1 Å². The SMILES string of the molecule is CCCC(CNC(C)(C)C)Cc1ccc(C(C)(C)C)cc1. The molecule has 0 aliphatic rings. The van der Waals surface area contributed by atoms with E-state index >= 15 is 0 Å². The van der Waals surface area contributed by atoms with Crippen LogP contribution in [0.3, 0.4) is 0 Å². The molecule has 0 spiro atoms. The van der Waals surface area contributed by atoms with E-state index in [1.54, 1.807) is 0 Å². The van der Waals surface area contributed by atoms with Gasteiger partial charge in [0, 0.05) is 5.54 Å². The van der Waals surface area contributed by atoms with Crippen LogP contribution in [0.2, 0.25) is 0 Å². The van der Waals surface area contributed by atoms with Gasteiger partial charge in [-0.1, -0.05) is 58.4 Å². The second kappa shape index (κ2) is 7.45. The fraction of sp³-hybridized carbons (Fsp3) is 0.700. The number of nitrogens with one attached hydrogen (secondary N) is 1. The Kier molecular flexibility index (Phi) is 6.46. The summed E-state index contributed by atoms with van der Waals surface area (Å²) in [6.45, 7) is 16.9. The Morgan fingerprint density at radius 1 is 0.952 bits per heavy atom. The molecule has 0 radical (unpaired) electrons. The van der Waals surface area contributed by atoms with E-state index in [-0.39, 0.29) is 11.0 Å². The summed E-state index contributed by atoms with van der Waals surface area (Å²) in [6.07, 6.45) is 3.74. The fourth-order valence-electron chi connectivity index (χ4n) is 2.61. The van der Waals surface area contributed by atoms with Crippen molar-refractivity contribution in [2.45, 2.75) is 78.7 Å². The Hall–Kier alpha value is -0.820. The molecule has 1 nitrogen and oxygen atoms in total. The lowest BCUT2D eigenvalue weighted by Crippen LogP contribution is -2.39. The normalized spacial score (nSPS) is 14.2. The first kappa shape index (κ1) is 18.2. The summed E-state index contributed by atoms with van der Waals surface area (Å²) in [6, 6.07) is 9.24. The molecule has 1 heteroatoms. The van der Waals surface area contributed by atoms with Gasteiger partial charge in [-0.15, -0.1) is 0 Å². The molecule has 1 rings (SSSR count). The third-order valence-corrected chi connectivity index (χ3v) is 3.96. The van der Waals surface area contributed by atoms with Gasteiger partial charge in [0.15, 0.2) is 0 Å². The van der Waals surface area contributed by atoms with Gasteiger partial charge in [-0.25, -0.2) is 0 Å². The zero-order valence-electron chi connectivity index (χ0n) is 15.2. The maximum absolute atomic E-state index is 3.66. The van der Waals surface area contributed by atoms with E-state index in [0.717, 1.165) is 12.5 Å². The van der Waals surface area contributed by atoms with Gasteiger partial charge in [0.25, 0.3) is 0 Å². The molecule has 1 atom stereocenters. The van der Waals surface area contributed by atoms with Gasteiger partial charge in [-0.3, -0.25) is 0 Å². The summed E-state index contributed by atoms with van der Waals surface area (Å²) in [5.41, 5.74) is 3.35. The first-order valence-electron chi connectivity index (χ1n) is 8.46. The average molecular weight is 290 g/mol. The van der Waals surface area contributed by atoms with Crippen molar-refractivity contribution in [2.75, 3.05) is 6.54 Å². The Labute approximate surface area is 132 Å². The van der Waals surface area contributed by atoms with E-state index in [0.29, 0.717) is 0 Å². The van der Waals surface area contributed by atoms with Crippen molar-refractivity contribution in [1.82, 2.24) is 5.32 Å². The van der Waals surface area contributed by atoms with Crippen molar-refractivity contribution in [3.05, 3.63) is 35.4 Å². The topological polar surface area (TPSA) is 12.0 Å². The standard InChI is InChI=1S/C20H35N/c1-8-9-17(15-21-20(5,6)7)14-16-10-12-18(13-11-16)19(2,3)4/h10-13,17,21H,8-9,14-15H2,1-7H3. The van der Waals surface area contributed by atoms with Crippen LogP contribution >= 0.6 is 0 Å². The van der Waals surface area contributed by atoms with Crippen molar-refractivity contribution in [1.29, 1.82) is 0 Å². The van der Waals surface area contributed by atoms with E-state index in [1.165, 1.54) is 30.4 Å². The molecule has 1 unspecified atom stereocenters. The van der Waals surface area contributed by atoms with E-state index in [1.807, 2.05) is 0 Å². The molecule has 0 heterocycles. The maximum atomic E-state index is 3.66. The molecule has 120 valence electrons. The lowest BCUT2D eigenvalue weighted by atomic mass is 9.85. The van der Waals surface area contributed by atoms with E-state index < -0.39 is 0 Å². The van der Waals surface area contributed by atoms with Crippen molar-refractivity contribution in [3.8, 4) is 0 Å². The van der Waals surface area contributed by atoms with Gasteiger partial charge in [0.05, 0.1) is 0 Å². The highest BCUT2D eigenvalue weighted by Crippen LogP contribution is 2.23. The minimum absolute atomic E-state index is 0.210. The van der Waals surface area contributed by atoms with Crippen LogP contribution in [0.15, 0.2) is 24.3 Å². The highest BCUT2D eigenvalue weighted by Gasteiger charge is 2.16.